The lowest BCUT2D eigenvalue weighted by atomic mass is 10.0. The third-order valence-electron chi connectivity index (χ3n) is 5.62. The van der Waals surface area contributed by atoms with E-state index in [4.69, 9.17) is 21.1 Å². The number of halogens is 4. The molecule has 40 heavy (non-hydrogen) atoms. The second-order valence-electron chi connectivity index (χ2n) is 10.3. The highest BCUT2D eigenvalue weighted by molar-refractivity contribution is 7.90. The van der Waals surface area contributed by atoms with Crippen molar-refractivity contribution in [2.24, 2.45) is 5.92 Å². The third-order valence-corrected chi connectivity index (χ3v) is 6.97. The highest BCUT2D eigenvalue weighted by Crippen LogP contribution is 2.29. The Labute approximate surface area is 236 Å². The zero-order chi connectivity index (χ0) is 29.7. The number of carbonyl (C=O) groups is 1. The van der Waals surface area contributed by atoms with Gasteiger partial charge < -0.3 is 14.4 Å². The van der Waals surface area contributed by atoms with E-state index in [2.05, 4.69) is 4.98 Å². The van der Waals surface area contributed by atoms with E-state index >= 15 is 0 Å². The van der Waals surface area contributed by atoms with Crippen molar-refractivity contribution in [2.45, 2.75) is 37.4 Å². The van der Waals surface area contributed by atoms with E-state index in [-0.39, 0.29) is 11.2 Å². The van der Waals surface area contributed by atoms with Crippen LogP contribution in [0.2, 0.25) is 5.15 Å². The number of hydrogen-bond donors (Lipinski definition) is 0. The van der Waals surface area contributed by atoms with Crippen LogP contribution >= 0.6 is 11.6 Å². The van der Waals surface area contributed by atoms with Gasteiger partial charge in [-0.3, -0.25) is 0 Å². The van der Waals surface area contributed by atoms with Gasteiger partial charge in [0, 0.05) is 31.5 Å². The highest BCUT2D eigenvalue weighted by atomic mass is 35.5. The van der Waals surface area contributed by atoms with Gasteiger partial charge in [-0.1, -0.05) is 35.9 Å². The molecule has 1 aliphatic rings. The number of alkyl halides is 3. The molecule has 0 radical (unpaired) electrons. The first-order valence-corrected chi connectivity index (χ1v) is 14.5. The Morgan fingerprint density at radius 1 is 0.975 bits per heavy atom. The van der Waals surface area contributed by atoms with Crippen LogP contribution in [0.1, 0.15) is 26.3 Å². The van der Waals surface area contributed by atoms with Gasteiger partial charge >= 0.3 is 12.3 Å². The van der Waals surface area contributed by atoms with E-state index in [1.165, 1.54) is 6.26 Å². The summed E-state index contributed by atoms with van der Waals surface area (Å²) in [6.07, 6.45) is -2.72. The van der Waals surface area contributed by atoms with Crippen LogP contribution in [0, 0.1) is 5.92 Å². The van der Waals surface area contributed by atoms with E-state index in [1.54, 1.807) is 29.2 Å². The van der Waals surface area contributed by atoms with Crippen molar-refractivity contribution in [3.63, 3.8) is 0 Å². The molecule has 1 aliphatic heterocycles. The van der Waals surface area contributed by atoms with Crippen LogP contribution < -0.4 is 4.74 Å². The summed E-state index contributed by atoms with van der Waals surface area (Å²) in [7, 11) is -3.19. The molecule has 1 amide bonds. The fourth-order valence-electron chi connectivity index (χ4n) is 3.55. The monoisotopic (exact) mass is 598 g/mol. The lowest BCUT2D eigenvalue weighted by molar-refractivity contribution is -0.137. The van der Waals surface area contributed by atoms with E-state index in [1.807, 2.05) is 45.0 Å². The molecule has 4 rings (SSSR count). The van der Waals surface area contributed by atoms with Crippen molar-refractivity contribution in [3.8, 4) is 16.9 Å². The summed E-state index contributed by atoms with van der Waals surface area (Å²) in [4.78, 5) is 17.2. The molecular formula is C28H30ClF3N2O5S. The van der Waals surface area contributed by atoms with Gasteiger partial charge in [0.15, 0.2) is 9.84 Å². The number of likely N-dealkylation sites (tertiary alicyclic amines) is 1. The first-order valence-electron chi connectivity index (χ1n) is 12.2. The van der Waals surface area contributed by atoms with Crippen molar-refractivity contribution in [1.29, 1.82) is 0 Å². The maximum Gasteiger partial charge on any atom is 0.417 e. The predicted molar refractivity (Wildman–Crippen MR) is 146 cm³/mol. The molecule has 1 fully saturated rings. The maximum atomic E-state index is 11.9. The number of amides is 1. The molecule has 0 aliphatic carbocycles. The van der Waals surface area contributed by atoms with Crippen molar-refractivity contribution in [1.82, 2.24) is 9.88 Å². The SMILES string of the molecule is CC(C)(C)OC(=O)N1CC(COc2ccc(-c3ccc(S(C)(=O)=O)cc3)cc2)C1.FC(F)(F)c1ccc(Cl)nc1. The van der Waals surface area contributed by atoms with Gasteiger partial charge in [0.2, 0.25) is 0 Å². The summed E-state index contributed by atoms with van der Waals surface area (Å²) in [6.45, 7) is 7.39. The summed E-state index contributed by atoms with van der Waals surface area (Å²) in [6, 6.07) is 16.5. The van der Waals surface area contributed by atoms with Crippen LogP contribution in [0.25, 0.3) is 11.1 Å². The van der Waals surface area contributed by atoms with E-state index < -0.39 is 27.2 Å². The molecule has 1 aromatic heterocycles. The Morgan fingerprint density at radius 3 is 1.98 bits per heavy atom. The van der Waals surface area contributed by atoms with Crippen LogP contribution in [-0.2, 0) is 20.8 Å². The van der Waals surface area contributed by atoms with Crippen LogP contribution in [0.5, 0.6) is 5.75 Å². The molecule has 7 nitrogen and oxygen atoms in total. The van der Waals surface area contributed by atoms with Gasteiger partial charge in [0.25, 0.3) is 0 Å². The zero-order valence-electron chi connectivity index (χ0n) is 22.4. The Balaban J connectivity index is 0.000000336. The summed E-state index contributed by atoms with van der Waals surface area (Å²) in [5.74, 6) is 1.06. The van der Waals surface area contributed by atoms with Crippen molar-refractivity contribution in [2.75, 3.05) is 26.0 Å². The molecule has 0 saturated carbocycles. The average molecular weight is 599 g/mol. The first-order chi connectivity index (χ1) is 18.5. The number of nitrogens with zero attached hydrogens (tertiary/aromatic N) is 2. The summed E-state index contributed by atoms with van der Waals surface area (Å²) in [5.41, 5.74) is 0.654. The van der Waals surface area contributed by atoms with Crippen molar-refractivity contribution < 1.29 is 35.9 Å². The second kappa shape index (κ2) is 12.5. The highest BCUT2D eigenvalue weighted by Gasteiger charge is 2.34. The topological polar surface area (TPSA) is 85.8 Å². The Kier molecular flexibility index (Phi) is 9.73. The van der Waals surface area contributed by atoms with Crippen molar-refractivity contribution >= 4 is 27.5 Å². The Hall–Kier alpha value is -3.31. The molecule has 0 spiro atoms. The van der Waals surface area contributed by atoms with E-state index in [0.717, 1.165) is 29.0 Å². The zero-order valence-corrected chi connectivity index (χ0v) is 24.0. The minimum absolute atomic E-state index is 0.0537. The number of benzene rings is 2. The lowest BCUT2D eigenvalue weighted by Crippen LogP contribution is -2.53. The van der Waals surface area contributed by atoms with Gasteiger partial charge in [-0.25, -0.2) is 18.2 Å². The van der Waals surface area contributed by atoms with Gasteiger partial charge in [-0.05, 0) is 68.3 Å². The molecule has 2 heterocycles. The Morgan fingerprint density at radius 2 is 1.52 bits per heavy atom. The molecule has 0 unspecified atom stereocenters. The molecule has 12 heteroatoms. The summed E-state index contributed by atoms with van der Waals surface area (Å²) < 4.78 is 69.8. The van der Waals surface area contributed by atoms with Gasteiger partial charge in [-0.15, -0.1) is 0 Å². The number of carbonyl (C=O) groups excluding carboxylic acids is 1. The fourth-order valence-corrected chi connectivity index (χ4v) is 4.29. The minimum Gasteiger partial charge on any atom is -0.493 e. The molecule has 216 valence electrons. The Bertz CT molecular complexity index is 1380. The normalized spacial score (nSPS) is 14.1. The number of pyridine rings is 1. The van der Waals surface area contributed by atoms with Gasteiger partial charge in [0.1, 0.15) is 16.5 Å². The second-order valence-corrected chi connectivity index (χ2v) is 12.7. The average Bonchev–Trinajstić information content (AvgIpc) is 2.82. The largest absolute Gasteiger partial charge is 0.493 e. The smallest absolute Gasteiger partial charge is 0.417 e. The number of rotatable bonds is 5. The van der Waals surface area contributed by atoms with Crippen LogP contribution in [-0.4, -0.2) is 55.9 Å². The number of aromatic nitrogens is 1. The van der Waals surface area contributed by atoms with Gasteiger partial charge in [0.05, 0.1) is 17.1 Å². The van der Waals surface area contributed by atoms with Crippen LogP contribution in [0.3, 0.4) is 0 Å². The number of ether oxygens (including phenoxy) is 2. The van der Waals surface area contributed by atoms with E-state index in [9.17, 15) is 26.4 Å². The van der Waals surface area contributed by atoms with Crippen LogP contribution in [0.4, 0.5) is 18.0 Å². The molecule has 0 N–H and O–H groups in total. The minimum atomic E-state index is -4.34. The molecule has 0 bridgehead atoms. The maximum absolute atomic E-state index is 11.9. The molecule has 0 atom stereocenters. The summed E-state index contributed by atoms with van der Waals surface area (Å²) in [5, 5.41) is 0.0537. The molecular weight excluding hydrogens is 569 g/mol. The first kappa shape index (κ1) is 31.2. The summed E-state index contributed by atoms with van der Waals surface area (Å²) >= 11 is 5.28. The molecule has 2 aromatic carbocycles. The standard InChI is InChI=1S/C22H27NO5S.C6H3ClF3N/c1-22(2,3)28-21(24)23-13-16(14-23)15-27-19-9-5-17(6-10-19)18-7-11-20(12-8-18)29(4,25)26;7-5-2-1-4(3-11-5)6(8,9)10/h5-12,16H,13-15H2,1-4H3;1-3H. The lowest BCUT2D eigenvalue weighted by Gasteiger charge is -2.39. The van der Waals surface area contributed by atoms with Gasteiger partial charge in [-0.2, -0.15) is 13.2 Å². The third kappa shape index (κ3) is 9.41. The predicted octanol–water partition coefficient (Wildman–Crippen LogP) is 6.76. The fraction of sp³-hybridized carbons (Fsp3) is 0.357. The van der Waals surface area contributed by atoms with Crippen LogP contribution in [0.15, 0.2) is 71.8 Å². The van der Waals surface area contributed by atoms with Crippen molar-refractivity contribution in [3.05, 3.63) is 77.6 Å². The number of hydrogen-bond acceptors (Lipinski definition) is 6. The number of sulfone groups is 1. The quantitative estimate of drug-likeness (QED) is 0.302. The van der Waals surface area contributed by atoms with E-state index in [0.29, 0.717) is 36.7 Å². The molecule has 1 saturated heterocycles. The molecule has 3 aromatic rings.